The maximum absolute atomic E-state index is 12.5. The minimum Gasteiger partial charge on any atom is -0.497 e. The highest BCUT2D eigenvalue weighted by Gasteiger charge is 2.32. The minimum absolute atomic E-state index is 0.0425. The van der Waals surface area contributed by atoms with Gasteiger partial charge in [-0.1, -0.05) is 12.1 Å². The van der Waals surface area contributed by atoms with Crippen molar-refractivity contribution in [2.45, 2.75) is 45.1 Å². The molecule has 5 heteroatoms. The monoisotopic (exact) mass is 344 g/mol. The van der Waals surface area contributed by atoms with Crippen LogP contribution >= 0.6 is 0 Å². The van der Waals surface area contributed by atoms with Crippen LogP contribution in [0.5, 0.6) is 5.75 Å². The summed E-state index contributed by atoms with van der Waals surface area (Å²) < 4.78 is 5.14. The third kappa shape index (κ3) is 4.53. The fourth-order valence-corrected chi connectivity index (χ4v) is 3.88. The molecule has 1 saturated carbocycles. The molecule has 1 N–H and O–H groups in total. The lowest BCUT2D eigenvalue weighted by Crippen LogP contribution is -2.38. The van der Waals surface area contributed by atoms with Crippen LogP contribution < -0.4 is 10.1 Å². The van der Waals surface area contributed by atoms with E-state index < -0.39 is 0 Å². The van der Waals surface area contributed by atoms with Crippen molar-refractivity contribution < 1.29 is 14.3 Å². The highest BCUT2D eigenvalue weighted by molar-refractivity contribution is 5.81. The van der Waals surface area contributed by atoms with E-state index in [0.29, 0.717) is 12.5 Å². The average molecular weight is 344 g/mol. The standard InChI is InChI=1S/C20H28N2O3/c1-25-18-10-4-15(5-11-18)14-21-19(23)16-6-8-17(9-7-16)20(24)22-12-2-3-13-22/h4-5,10-11,16-17H,2-3,6-9,12-14H2,1H3,(H,21,23). The van der Waals surface area contributed by atoms with E-state index in [4.69, 9.17) is 4.74 Å². The highest BCUT2D eigenvalue weighted by Crippen LogP contribution is 2.31. The zero-order valence-electron chi connectivity index (χ0n) is 15.0. The zero-order chi connectivity index (χ0) is 17.6. The number of carbonyl (C=O) groups is 2. The van der Waals surface area contributed by atoms with E-state index in [1.54, 1.807) is 7.11 Å². The van der Waals surface area contributed by atoms with Crippen LogP contribution in [0.15, 0.2) is 24.3 Å². The molecule has 2 fully saturated rings. The smallest absolute Gasteiger partial charge is 0.225 e. The number of benzene rings is 1. The predicted molar refractivity (Wildman–Crippen MR) is 96.1 cm³/mol. The van der Waals surface area contributed by atoms with E-state index in [1.807, 2.05) is 29.2 Å². The first kappa shape index (κ1) is 17.8. The number of hydrogen-bond acceptors (Lipinski definition) is 3. The second-order valence-corrected chi connectivity index (χ2v) is 7.15. The van der Waals surface area contributed by atoms with Gasteiger partial charge in [0.1, 0.15) is 5.75 Å². The normalized spacial score (nSPS) is 23.3. The van der Waals surface area contributed by atoms with Crippen LogP contribution in [-0.2, 0) is 16.1 Å². The summed E-state index contributed by atoms with van der Waals surface area (Å²) in [7, 11) is 1.64. The Morgan fingerprint density at radius 1 is 1.04 bits per heavy atom. The van der Waals surface area contributed by atoms with E-state index in [1.165, 1.54) is 0 Å². The molecule has 1 aliphatic heterocycles. The van der Waals surface area contributed by atoms with Gasteiger partial charge in [0.2, 0.25) is 11.8 Å². The Morgan fingerprint density at radius 2 is 1.64 bits per heavy atom. The van der Waals surface area contributed by atoms with Crippen molar-refractivity contribution in [3.8, 4) is 5.75 Å². The molecule has 2 amide bonds. The van der Waals surface area contributed by atoms with Gasteiger partial charge in [0.25, 0.3) is 0 Å². The van der Waals surface area contributed by atoms with Crippen LogP contribution in [0.2, 0.25) is 0 Å². The maximum atomic E-state index is 12.5. The van der Waals surface area contributed by atoms with Gasteiger partial charge < -0.3 is 15.0 Å². The average Bonchev–Trinajstić information content (AvgIpc) is 3.21. The number of nitrogens with one attached hydrogen (secondary N) is 1. The SMILES string of the molecule is COc1ccc(CNC(=O)C2CCC(C(=O)N3CCCC3)CC2)cc1. The molecule has 0 bridgehead atoms. The summed E-state index contributed by atoms with van der Waals surface area (Å²) in [6.07, 6.45) is 5.59. The van der Waals surface area contributed by atoms with E-state index in [-0.39, 0.29) is 17.7 Å². The number of nitrogens with zero attached hydrogens (tertiary/aromatic N) is 1. The van der Waals surface area contributed by atoms with Crippen molar-refractivity contribution in [3.63, 3.8) is 0 Å². The summed E-state index contributed by atoms with van der Waals surface area (Å²) in [5.41, 5.74) is 1.06. The fraction of sp³-hybridized carbons (Fsp3) is 0.600. The Kier molecular flexibility index (Phi) is 5.95. The van der Waals surface area contributed by atoms with Crippen molar-refractivity contribution in [2.75, 3.05) is 20.2 Å². The summed E-state index contributed by atoms with van der Waals surface area (Å²) in [5.74, 6) is 1.41. The van der Waals surface area contributed by atoms with Crippen LogP contribution in [-0.4, -0.2) is 36.9 Å². The largest absolute Gasteiger partial charge is 0.497 e. The summed E-state index contributed by atoms with van der Waals surface area (Å²) in [5, 5.41) is 3.03. The van der Waals surface area contributed by atoms with Gasteiger partial charge in [-0.2, -0.15) is 0 Å². The molecule has 1 saturated heterocycles. The number of hydrogen-bond donors (Lipinski definition) is 1. The Balaban J connectivity index is 1.42. The Labute approximate surface area is 149 Å². The minimum atomic E-state index is 0.0425. The van der Waals surface area contributed by atoms with Crippen molar-refractivity contribution in [2.24, 2.45) is 11.8 Å². The fourth-order valence-electron chi connectivity index (χ4n) is 3.88. The quantitative estimate of drug-likeness (QED) is 0.893. The summed E-state index contributed by atoms with van der Waals surface area (Å²) in [6, 6.07) is 7.72. The summed E-state index contributed by atoms with van der Waals surface area (Å²) in [6.45, 7) is 2.37. The van der Waals surface area contributed by atoms with Gasteiger partial charge in [-0.15, -0.1) is 0 Å². The number of likely N-dealkylation sites (tertiary alicyclic amines) is 1. The van der Waals surface area contributed by atoms with Gasteiger partial charge in [0, 0.05) is 31.5 Å². The van der Waals surface area contributed by atoms with Crippen molar-refractivity contribution in [1.82, 2.24) is 10.2 Å². The van der Waals surface area contributed by atoms with Gasteiger partial charge in [-0.3, -0.25) is 9.59 Å². The topological polar surface area (TPSA) is 58.6 Å². The second-order valence-electron chi connectivity index (χ2n) is 7.15. The van der Waals surface area contributed by atoms with Crippen molar-refractivity contribution in [1.29, 1.82) is 0 Å². The number of amides is 2. The highest BCUT2D eigenvalue weighted by atomic mass is 16.5. The zero-order valence-corrected chi connectivity index (χ0v) is 15.0. The molecule has 1 heterocycles. The number of carbonyl (C=O) groups excluding carboxylic acids is 2. The van der Waals surface area contributed by atoms with Gasteiger partial charge in [-0.25, -0.2) is 0 Å². The number of rotatable bonds is 5. The summed E-state index contributed by atoms with van der Waals surface area (Å²) >= 11 is 0. The maximum Gasteiger partial charge on any atom is 0.225 e. The molecule has 1 aromatic rings. The molecule has 1 aromatic carbocycles. The molecule has 3 rings (SSSR count). The molecule has 1 aliphatic carbocycles. The van der Waals surface area contributed by atoms with Gasteiger partial charge in [0.05, 0.1) is 7.11 Å². The molecule has 0 atom stereocenters. The number of methoxy groups -OCH3 is 1. The molecule has 25 heavy (non-hydrogen) atoms. The molecule has 5 nitrogen and oxygen atoms in total. The van der Waals surface area contributed by atoms with Crippen LogP contribution in [0.3, 0.4) is 0 Å². The van der Waals surface area contributed by atoms with Crippen LogP contribution in [0, 0.1) is 11.8 Å². The Bertz CT molecular complexity index is 585. The lowest BCUT2D eigenvalue weighted by molar-refractivity contribution is -0.137. The molecule has 136 valence electrons. The molecule has 2 aliphatic rings. The summed E-state index contributed by atoms with van der Waals surface area (Å²) in [4.78, 5) is 26.9. The lowest BCUT2D eigenvalue weighted by Gasteiger charge is -2.29. The van der Waals surface area contributed by atoms with E-state index in [2.05, 4.69) is 5.32 Å². The van der Waals surface area contributed by atoms with Crippen LogP contribution in [0.25, 0.3) is 0 Å². The van der Waals surface area contributed by atoms with Crippen LogP contribution in [0.1, 0.15) is 44.1 Å². The van der Waals surface area contributed by atoms with E-state index in [0.717, 1.165) is 62.9 Å². The third-order valence-electron chi connectivity index (χ3n) is 5.49. The van der Waals surface area contributed by atoms with E-state index >= 15 is 0 Å². The van der Waals surface area contributed by atoms with Crippen molar-refractivity contribution >= 4 is 11.8 Å². The molecule has 0 spiro atoms. The Hall–Kier alpha value is -2.04. The van der Waals surface area contributed by atoms with Crippen LogP contribution in [0.4, 0.5) is 0 Å². The molecule has 0 unspecified atom stereocenters. The number of ether oxygens (including phenoxy) is 1. The predicted octanol–water partition coefficient (Wildman–Crippen LogP) is 2.74. The Morgan fingerprint density at radius 3 is 2.24 bits per heavy atom. The van der Waals surface area contributed by atoms with Crippen molar-refractivity contribution in [3.05, 3.63) is 29.8 Å². The van der Waals surface area contributed by atoms with Gasteiger partial charge >= 0.3 is 0 Å². The first-order valence-electron chi connectivity index (χ1n) is 9.37. The third-order valence-corrected chi connectivity index (χ3v) is 5.49. The van der Waals surface area contributed by atoms with Gasteiger partial charge in [0.15, 0.2) is 0 Å². The van der Waals surface area contributed by atoms with Gasteiger partial charge in [-0.05, 0) is 56.2 Å². The second kappa shape index (κ2) is 8.37. The molecular formula is C20H28N2O3. The molecule has 0 radical (unpaired) electrons. The molecule has 0 aromatic heterocycles. The van der Waals surface area contributed by atoms with E-state index in [9.17, 15) is 9.59 Å². The lowest BCUT2D eigenvalue weighted by atomic mass is 9.81. The molecular weight excluding hydrogens is 316 g/mol. The first-order valence-corrected chi connectivity index (χ1v) is 9.37. The first-order chi connectivity index (χ1) is 12.2.